The molecular formula is C25H28N6O4. The summed E-state index contributed by atoms with van der Waals surface area (Å²) in [4.78, 5) is 44.4. The van der Waals surface area contributed by atoms with Gasteiger partial charge in [-0.25, -0.2) is 0 Å². The number of furan rings is 1. The molecule has 1 aliphatic carbocycles. The number of Topliss-reactive ketones (excluding diaryl/α,β-unsaturated/α-hetero) is 1. The fourth-order valence-electron chi connectivity index (χ4n) is 4.77. The first-order valence-electron chi connectivity index (χ1n) is 12.0. The van der Waals surface area contributed by atoms with E-state index >= 15 is 0 Å². The molecule has 0 unspecified atom stereocenters. The molecule has 35 heavy (non-hydrogen) atoms. The van der Waals surface area contributed by atoms with E-state index < -0.39 is 0 Å². The topological polar surface area (TPSA) is 123 Å². The van der Waals surface area contributed by atoms with E-state index in [2.05, 4.69) is 20.5 Å². The van der Waals surface area contributed by atoms with Crippen LogP contribution in [0.15, 0.2) is 35.1 Å². The number of pyridine rings is 1. The molecule has 0 spiro atoms. The molecule has 0 radical (unpaired) electrons. The van der Waals surface area contributed by atoms with Gasteiger partial charge in [-0.05, 0) is 24.5 Å². The number of amides is 2. The van der Waals surface area contributed by atoms with Gasteiger partial charge < -0.3 is 19.2 Å². The molecule has 182 valence electrons. The molecule has 2 amide bonds. The summed E-state index contributed by atoms with van der Waals surface area (Å²) < 4.78 is 7.55. The van der Waals surface area contributed by atoms with Crippen LogP contribution in [0.1, 0.15) is 81.3 Å². The summed E-state index contributed by atoms with van der Waals surface area (Å²) in [6.07, 6.45) is 5.40. The maximum absolute atomic E-state index is 13.3. The van der Waals surface area contributed by atoms with Gasteiger partial charge in [-0.1, -0.05) is 19.9 Å². The highest BCUT2D eigenvalue weighted by Gasteiger charge is 2.32. The molecule has 3 aromatic rings. The van der Waals surface area contributed by atoms with E-state index in [-0.39, 0.29) is 29.6 Å². The largest absolute Gasteiger partial charge is 0.468 e. The standard InChI is InChI=1S/C25H28N6O4/c1-15(2)22(27-24(33)17-6-3-4-10-26-17)23-29-28-20-9-11-30(12-13-31(20)23)25(34)16-14-35-19-8-5-7-18(32)21(16)19/h3-4,6,10,14-15,22H,5,7-9,11-13H2,1-2H3,(H,27,33)/t22-/m0/s1. The highest BCUT2D eigenvalue weighted by Crippen LogP contribution is 2.28. The van der Waals surface area contributed by atoms with E-state index in [1.54, 1.807) is 29.3 Å². The molecule has 1 atom stereocenters. The minimum absolute atomic E-state index is 0.0268. The van der Waals surface area contributed by atoms with Crippen molar-refractivity contribution < 1.29 is 18.8 Å². The van der Waals surface area contributed by atoms with Crippen LogP contribution in [0.5, 0.6) is 0 Å². The number of ketones is 1. The van der Waals surface area contributed by atoms with Gasteiger partial charge in [0.1, 0.15) is 23.5 Å². The minimum Gasteiger partial charge on any atom is -0.468 e. The third kappa shape index (κ3) is 4.36. The zero-order valence-electron chi connectivity index (χ0n) is 19.9. The normalized spacial score (nSPS) is 16.4. The summed E-state index contributed by atoms with van der Waals surface area (Å²) in [5, 5.41) is 11.8. The number of rotatable bonds is 5. The van der Waals surface area contributed by atoms with Crippen LogP contribution < -0.4 is 5.32 Å². The number of aromatic nitrogens is 4. The van der Waals surface area contributed by atoms with Crippen LogP contribution in [0.4, 0.5) is 0 Å². The van der Waals surface area contributed by atoms with Gasteiger partial charge in [0.25, 0.3) is 11.8 Å². The van der Waals surface area contributed by atoms with Crippen molar-refractivity contribution in [2.45, 2.75) is 52.1 Å². The second-order valence-corrected chi connectivity index (χ2v) is 9.30. The summed E-state index contributed by atoms with van der Waals surface area (Å²) in [6.45, 7) is 5.40. The predicted molar refractivity (Wildman–Crippen MR) is 125 cm³/mol. The Labute approximate surface area is 202 Å². The van der Waals surface area contributed by atoms with E-state index in [4.69, 9.17) is 4.42 Å². The Morgan fingerprint density at radius 1 is 1.09 bits per heavy atom. The fraction of sp³-hybridized carbons (Fsp3) is 0.440. The molecule has 10 heteroatoms. The number of nitrogens with zero attached hydrogens (tertiary/aromatic N) is 5. The van der Waals surface area contributed by atoms with Gasteiger partial charge in [0.2, 0.25) is 0 Å². The van der Waals surface area contributed by atoms with Crippen LogP contribution in [0, 0.1) is 5.92 Å². The lowest BCUT2D eigenvalue weighted by molar-refractivity contribution is 0.0752. The molecule has 5 rings (SSSR count). The average Bonchev–Trinajstić information content (AvgIpc) is 3.41. The minimum atomic E-state index is -0.369. The van der Waals surface area contributed by atoms with Crippen LogP contribution in [0.2, 0.25) is 0 Å². The molecule has 10 nitrogen and oxygen atoms in total. The van der Waals surface area contributed by atoms with Gasteiger partial charge >= 0.3 is 0 Å². The summed E-state index contributed by atoms with van der Waals surface area (Å²) in [5.41, 5.74) is 1.14. The summed E-state index contributed by atoms with van der Waals surface area (Å²) in [6, 6.07) is 4.83. The van der Waals surface area contributed by atoms with E-state index in [9.17, 15) is 14.4 Å². The number of aryl methyl sites for hydroxylation is 1. The zero-order chi connectivity index (χ0) is 24.5. The van der Waals surface area contributed by atoms with Crippen molar-refractivity contribution in [3.63, 3.8) is 0 Å². The molecule has 0 saturated carbocycles. The average molecular weight is 477 g/mol. The Morgan fingerprint density at radius 3 is 2.71 bits per heavy atom. The lowest BCUT2D eigenvalue weighted by Crippen LogP contribution is -2.36. The molecule has 1 N–H and O–H groups in total. The molecule has 3 aromatic heterocycles. The first-order valence-corrected chi connectivity index (χ1v) is 12.0. The van der Waals surface area contributed by atoms with Crippen molar-refractivity contribution in [2.24, 2.45) is 5.92 Å². The highest BCUT2D eigenvalue weighted by atomic mass is 16.3. The van der Waals surface area contributed by atoms with Crippen LogP contribution in [-0.2, 0) is 19.4 Å². The third-order valence-corrected chi connectivity index (χ3v) is 6.66. The van der Waals surface area contributed by atoms with Gasteiger partial charge in [0, 0.05) is 45.1 Å². The van der Waals surface area contributed by atoms with Crippen LogP contribution in [0.3, 0.4) is 0 Å². The third-order valence-electron chi connectivity index (χ3n) is 6.66. The number of hydrogen-bond acceptors (Lipinski definition) is 7. The molecule has 2 aliphatic rings. The Kier molecular flexibility index (Phi) is 6.19. The van der Waals surface area contributed by atoms with Gasteiger partial charge in [-0.15, -0.1) is 10.2 Å². The molecule has 1 aliphatic heterocycles. The van der Waals surface area contributed by atoms with Crippen LogP contribution >= 0.6 is 0 Å². The number of hydrogen-bond donors (Lipinski definition) is 1. The van der Waals surface area contributed by atoms with Crippen molar-refractivity contribution in [3.8, 4) is 0 Å². The van der Waals surface area contributed by atoms with Crippen molar-refractivity contribution in [1.29, 1.82) is 0 Å². The van der Waals surface area contributed by atoms with Crippen LogP contribution in [0.25, 0.3) is 0 Å². The van der Waals surface area contributed by atoms with Crippen molar-refractivity contribution >= 4 is 17.6 Å². The van der Waals surface area contributed by atoms with E-state index in [0.717, 1.165) is 12.2 Å². The van der Waals surface area contributed by atoms with Crippen molar-refractivity contribution in [1.82, 2.24) is 30.0 Å². The Balaban J connectivity index is 1.34. The van der Waals surface area contributed by atoms with Crippen molar-refractivity contribution in [2.75, 3.05) is 13.1 Å². The Morgan fingerprint density at radius 2 is 1.94 bits per heavy atom. The lowest BCUT2D eigenvalue weighted by Gasteiger charge is -2.23. The van der Waals surface area contributed by atoms with E-state index in [1.807, 2.05) is 18.4 Å². The van der Waals surface area contributed by atoms with E-state index in [1.165, 1.54) is 6.26 Å². The number of nitrogens with one attached hydrogen (secondary N) is 1. The smallest absolute Gasteiger partial charge is 0.270 e. The monoisotopic (exact) mass is 476 g/mol. The molecule has 0 aromatic carbocycles. The zero-order valence-corrected chi connectivity index (χ0v) is 19.9. The van der Waals surface area contributed by atoms with Gasteiger partial charge in [-0.2, -0.15) is 0 Å². The first-order chi connectivity index (χ1) is 16.9. The van der Waals surface area contributed by atoms with E-state index in [0.29, 0.717) is 67.3 Å². The number of carbonyl (C=O) groups is 3. The quantitative estimate of drug-likeness (QED) is 0.600. The summed E-state index contributed by atoms with van der Waals surface area (Å²) in [7, 11) is 0. The summed E-state index contributed by atoms with van der Waals surface area (Å²) in [5.74, 6) is 1.59. The summed E-state index contributed by atoms with van der Waals surface area (Å²) >= 11 is 0. The second kappa shape index (κ2) is 9.44. The molecule has 0 fully saturated rings. The van der Waals surface area contributed by atoms with Gasteiger partial charge in [-0.3, -0.25) is 19.4 Å². The maximum atomic E-state index is 13.3. The fourth-order valence-corrected chi connectivity index (χ4v) is 4.77. The maximum Gasteiger partial charge on any atom is 0.270 e. The number of fused-ring (bicyclic) bond motifs is 2. The molecule has 0 saturated heterocycles. The molecule has 4 heterocycles. The van der Waals surface area contributed by atoms with Gasteiger partial charge in [0.05, 0.1) is 17.2 Å². The van der Waals surface area contributed by atoms with Gasteiger partial charge in [0.15, 0.2) is 11.6 Å². The van der Waals surface area contributed by atoms with Crippen molar-refractivity contribution in [3.05, 3.63) is 64.9 Å². The Bertz CT molecular complexity index is 1260. The van der Waals surface area contributed by atoms with Crippen LogP contribution in [-0.4, -0.2) is 55.3 Å². The highest BCUT2D eigenvalue weighted by molar-refractivity contribution is 6.09. The molecule has 0 bridgehead atoms. The first kappa shape index (κ1) is 22.9. The molecular weight excluding hydrogens is 448 g/mol. The number of carbonyl (C=O) groups excluding carboxylic acids is 3. The lowest BCUT2D eigenvalue weighted by atomic mass is 9.94. The SMILES string of the molecule is CC(C)[C@H](NC(=O)c1ccccn1)c1nnc2n1CCN(C(=O)c1coc3c1C(=O)CCC3)CC2. The predicted octanol–water partition coefficient (Wildman–Crippen LogP) is 2.61. The Hall–Kier alpha value is -3.82. The second-order valence-electron chi connectivity index (χ2n) is 9.30.